The lowest BCUT2D eigenvalue weighted by Crippen LogP contribution is -2.27. The van der Waals surface area contributed by atoms with Gasteiger partial charge >= 0.3 is 5.97 Å². The number of benzene rings is 1. The summed E-state index contributed by atoms with van der Waals surface area (Å²) in [6.45, 7) is 1.32. The Balaban J connectivity index is 1.52. The first-order chi connectivity index (χ1) is 12.1. The fourth-order valence-electron chi connectivity index (χ4n) is 2.61. The first kappa shape index (κ1) is 17.5. The lowest BCUT2D eigenvalue weighted by atomic mass is 10.3. The number of esters is 1. The van der Waals surface area contributed by atoms with Gasteiger partial charge in [0.2, 0.25) is 10.0 Å². The highest BCUT2D eigenvalue weighted by Crippen LogP contribution is 2.21. The van der Waals surface area contributed by atoms with Gasteiger partial charge < -0.3 is 14.5 Å². The van der Waals surface area contributed by atoms with Crippen molar-refractivity contribution in [3.63, 3.8) is 0 Å². The van der Waals surface area contributed by atoms with Crippen molar-refractivity contribution in [2.75, 3.05) is 26.3 Å². The number of carbonyl (C=O) groups is 1. The minimum absolute atomic E-state index is 0.0704. The van der Waals surface area contributed by atoms with Crippen LogP contribution in [-0.2, 0) is 14.8 Å². The van der Waals surface area contributed by atoms with E-state index in [-0.39, 0.29) is 23.8 Å². The molecule has 0 amide bonds. The topological polar surface area (TPSA) is 88.7 Å². The number of sulfonamides is 1. The zero-order valence-corrected chi connectivity index (χ0v) is 14.5. The number of aromatic amines is 1. The fourth-order valence-corrected chi connectivity index (χ4v) is 4.12. The summed E-state index contributed by atoms with van der Waals surface area (Å²) in [6.07, 6.45) is 3.05. The van der Waals surface area contributed by atoms with Crippen molar-refractivity contribution in [3.8, 4) is 5.75 Å². The third kappa shape index (κ3) is 4.21. The molecular formula is C17H20N2O5S. The van der Waals surface area contributed by atoms with Crippen molar-refractivity contribution in [1.29, 1.82) is 0 Å². The lowest BCUT2D eigenvalue weighted by molar-refractivity contribution is 0.0444. The van der Waals surface area contributed by atoms with E-state index in [4.69, 9.17) is 9.47 Å². The second-order valence-corrected chi connectivity index (χ2v) is 7.60. The maximum atomic E-state index is 12.4. The molecular weight excluding hydrogens is 344 g/mol. The molecule has 134 valence electrons. The molecule has 0 spiro atoms. The van der Waals surface area contributed by atoms with Crippen LogP contribution < -0.4 is 4.74 Å². The first-order valence-electron chi connectivity index (χ1n) is 8.11. The van der Waals surface area contributed by atoms with Crippen molar-refractivity contribution in [1.82, 2.24) is 9.29 Å². The Hall–Kier alpha value is -2.32. The van der Waals surface area contributed by atoms with Crippen LogP contribution in [0.5, 0.6) is 5.75 Å². The minimum atomic E-state index is -3.54. The molecule has 25 heavy (non-hydrogen) atoms. The lowest BCUT2D eigenvalue weighted by Gasteiger charge is -2.13. The number of hydrogen-bond acceptors (Lipinski definition) is 5. The molecule has 1 N–H and O–H groups in total. The molecule has 0 aliphatic carbocycles. The Morgan fingerprint density at radius 1 is 1.12 bits per heavy atom. The van der Waals surface area contributed by atoms with E-state index < -0.39 is 16.0 Å². The van der Waals surface area contributed by atoms with Crippen LogP contribution in [0.25, 0.3) is 0 Å². The van der Waals surface area contributed by atoms with Gasteiger partial charge in [0.1, 0.15) is 29.6 Å². The number of aromatic nitrogens is 1. The SMILES string of the molecule is O=C(OCCOc1ccccc1)c1cc(S(=O)(=O)N2CCCC2)c[nH]1. The molecule has 8 heteroatoms. The number of rotatable bonds is 7. The van der Waals surface area contributed by atoms with Gasteiger partial charge in [0, 0.05) is 19.3 Å². The molecule has 1 aromatic heterocycles. The number of hydrogen-bond donors (Lipinski definition) is 1. The van der Waals surface area contributed by atoms with Crippen LogP contribution in [0.4, 0.5) is 0 Å². The van der Waals surface area contributed by atoms with Crippen molar-refractivity contribution in [2.24, 2.45) is 0 Å². The monoisotopic (exact) mass is 364 g/mol. The van der Waals surface area contributed by atoms with E-state index in [1.54, 1.807) is 0 Å². The van der Waals surface area contributed by atoms with Crippen LogP contribution >= 0.6 is 0 Å². The van der Waals surface area contributed by atoms with E-state index in [9.17, 15) is 13.2 Å². The Morgan fingerprint density at radius 3 is 2.56 bits per heavy atom. The van der Waals surface area contributed by atoms with Crippen molar-refractivity contribution in [2.45, 2.75) is 17.7 Å². The van der Waals surface area contributed by atoms with Crippen LogP contribution in [0.15, 0.2) is 47.5 Å². The van der Waals surface area contributed by atoms with E-state index >= 15 is 0 Å². The second-order valence-electron chi connectivity index (χ2n) is 5.66. The number of nitrogens with zero attached hydrogens (tertiary/aromatic N) is 1. The Labute approximate surface area is 146 Å². The van der Waals surface area contributed by atoms with Gasteiger partial charge in [0.05, 0.1) is 0 Å². The van der Waals surface area contributed by atoms with Crippen LogP contribution in [0.2, 0.25) is 0 Å². The maximum absolute atomic E-state index is 12.4. The van der Waals surface area contributed by atoms with E-state index in [0.717, 1.165) is 12.8 Å². The maximum Gasteiger partial charge on any atom is 0.354 e. The fraction of sp³-hybridized carbons (Fsp3) is 0.353. The van der Waals surface area contributed by atoms with Crippen molar-refractivity contribution in [3.05, 3.63) is 48.3 Å². The summed E-state index contributed by atoms with van der Waals surface area (Å²) in [4.78, 5) is 14.8. The molecule has 1 saturated heterocycles. The van der Waals surface area contributed by atoms with Gasteiger partial charge in [-0.05, 0) is 31.0 Å². The quantitative estimate of drug-likeness (QED) is 0.600. The summed E-state index contributed by atoms with van der Waals surface area (Å²) in [5.41, 5.74) is 0.109. The van der Waals surface area contributed by atoms with Crippen LogP contribution in [-0.4, -0.2) is 50.0 Å². The van der Waals surface area contributed by atoms with Gasteiger partial charge in [-0.1, -0.05) is 18.2 Å². The number of H-pyrrole nitrogens is 1. The average molecular weight is 364 g/mol. The van der Waals surface area contributed by atoms with Gasteiger partial charge in [-0.15, -0.1) is 0 Å². The molecule has 0 bridgehead atoms. The van der Waals surface area contributed by atoms with Gasteiger partial charge in [-0.25, -0.2) is 13.2 Å². The molecule has 0 radical (unpaired) electrons. The molecule has 1 fully saturated rings. The van der Waals surface area contributed by atoms with E-state index in [0.29, 0.717) is 18.8 Å². The highest BCUT2D eigenvalue weighted by molar-refractivity contribution is 7.89. The third-order valence-corrected chi connectivity index (χ3v) is 5.78. The molecule has 2 aromatic rings. The molecule has 3 rings (SSSR count). The molecule has 2 heterocycles. The smallest absolute Gasteiger partial charge is 0.354 e. The van der Waals surface area contributed by atoms with E-state index in [2.05, 4.69) is 4.98 Å². The largest absolute Gasteiger partial charge is 0.490 e. The first-order valence-corrected chi connectivity index (χ1v) is 9.55. The summed E-state index contributed by atoms with van der Waals surface area (Å²) in [5, 5.41) is 0. The normalized spacial score (nSPS) is 15.2. The third-order valence-electron chi connectivity index (χ3n) is 3.91. The zero-order chi connectivity index (χ0) is 17.7. The predicted molar refractivity (Wildman–Crippen MR) is 91.0 cm³/mol. The van der Waals surface area contributed by atoms with Gasteiger partial charge in [-0.2, -0.15) is 4.31 Å². The van der Waals surface area contributed by atoms with Gasteiger partial charge in [0.25, 0.3) is 0 Å². The number of carbonyl (C=O) groups excluding carboxylic acids is 1. The Kier molecular flexibility index (Phi) is 5.40. The molecule has 0 atom stereocenters. The van der Waals surface area contributed by atoms with Gasteiger partial charge in [-0.3, -0.25) is 0 Å². The molecule has 1 aromatic carbocycles. The van der Waals surface area contributed by atoms with Crippen molar-refractivity contribution >= 4 is 16.0 Å². The van der Waals surface area contributed by atoms with Crippen LogP contribution in [0.3, 0.4) is 0 Å². The molecule has 1 aliphatic rings. The minimum Gasteiger partial charge on any atom is -0.490 e. The summed E-state index contributed by atoms with van der Waals surface area (Å²) < 4.78 is 36.8. The van der Waals surface area contributed by atoms with Crippen LogP contribution in [0.1, 0.15) is 23.3 Å². The molecule has 7 nitrogen and oxygen atoms in total. The highest BCUT2D eigenvalue weighted by atomic mass is 32.2. The Bertz CT molecular complexity index is 811. The van der Waals surface area contributed by atoms with Crippen LogP contribution in [0, 0.1) is 0 Å². The second kappa shape index (κ2) is 7.71. The summed E-state index contributed by atoms with van der Waals surface area (Å²) in [6, 6.07) is 10.5. The highest BCUT2D eigenvalue weighted by Gasteiger charge is 2.28. The molecule has 0 unspecified atom stereocenters. The number of para-hydroxylation sites is 1. The Morgan fingerprint density at radius 2 is 1.84 bits per heavy atom. The number of nitrogens with one attached hydrogen (secondary N) is 1. The molecule has 0 saturated carbocycles. The molecule has 1 aliphatic heterocycles. The van der Waals surface area contributed by atoms with E-state index in [1.165, 1.54) is 16.6 Å². The zero-order valence-electron chi connectivity index (χ0n) is 13.7. The summed E-state index contributed by atoms with van der Waals surface area (Å²) in [5.74, 6) is 0.0805. The average Bonchev–Trinajstić information content (AvgIpc) is 3.31. The summed E-state index contributed by atoms with van der Waals surface area (Å²) >= 11 is 0. The number of ether oxygens (including phenoxy) is 2. The summed E-state index contributed by atoms with van der Waals surface area (Å²) in [7, 11) is -3.54. The van der Waals surface area contributed by atoms with E-state index in [1.807, 2.05) is 30.3 Å². The standard InChI is InChI=1S/C17H20N2O5S/c20-17(24-11-10-23-14-6-2-1-3-7-14)16-12-15(13-18-16)25(21,22)19-8-4-5-9-19/h1-3,6-7,12-13,18H,4-5,8-11H2. The van der Waals surface area contributed by atoms with Crippen molar-refractivity contribution < 1.29 is 22.7 Å². The predicted octanol–water partition coefficient (Wildman–Crippen LogP) is 2.04. The van der Waals surface area contributed by atoms with Gasteiger partial charge in [0.15, 0.2) is 0 Å².